The number of benzene rings is 1. The highest BCUT2D eigenvalue weighted by Crippen LogP contribution is 2.32. The summed E-state index contributed by atoms with van der Waals surface area (Å²) in [5.74, 6) is 0.0311. The third-order valence-corrected chi connectivity index (χ3v) is 4.38. The maximum absolute atomic E-state index is 12.9. The van der Waals surface area contributed by atoms with Crippen LogP contribution in [-0.2, 0) is 4.79 Å². The smallest absolute Gasteiger partial charge is 0.311 e. The first-order valence-electron chi connectivity index (χ1n) is 8.25. The summed E-state index contributed by atoms with van der Waals surface area (Å²) in [6.07, 6.45) is 2.08. The second-order valence-corrected chi connectivity index (χ2v) is 6.41. The first-order valence-corrected chi connectivity index (χ1v) is 8.25. The number of nitrogens with zero attached hydrogens (tertiary/aromatic N) is 1. The Labute approximate surface area is 142 Å². The first-order chi connectivity index (χ1) is 11.4. The van der Waals surface area contributed by atoms with Gasteiger partial charge in [0, 0.05) is 19.2 Å². The van der Waals surface area contributed by atoms with Crippen LogP contribution in [-0.4, -0.2) is 48.7 Å². The van der Waals surface area contributed by atoms with Crippen molar-refractivity contribution in [2.24, 2.45) is 5.41 Å². The van der Waals surface area contributed by atoms with Crippen LogP contribution >= 0.6 is 0 Å². The molecule has 1 aromatic carbocycles. The average molecular weight is 335 g/mol. The van der Waals surface area contributed by atoms with Crippen LogP contribution in [0.3, 0.4) is 0 Å². The molecule has 1 atom stereocenters. The number of carbonyl (C=O) groups is 2. The molecule has 1 amide bonds. The molecule has 0 radical (unpaired) electrons. The predicted molar refractivity (Wildman–Crippen MR) is 89.7 cm³/mol. The van der Waals surface area contributed by atoms with Gasteiger partial charge in [0.2, 0.25) is 0 Å². The van der Waals surface area contributed by atoms with E-state index in [0.717, 1.165) is 6.42 Å². The minimum absolute atomic E-state index is 0.198. The zero-order chi connectivity index (χ0) is 17.7. The molecular weight excluding hydrogens is 310 g/mol. The number of amides is 1. The molecule has 1 aromatic rings. The fraction of sp³-hybridized carbons (Fsp3) is 0.556. The number of aliphatic carboxylic acids is 1. The molecule has 0 saturated carbocycles. The second-order valence-electron chi connectivity index (χ2n) is 6.41. The molecule has 0 aliphatic carbocycles. The molecule has 6 nitrogen and oxygen atoms in total. The topological polar surface area (TPSA) is 76.1 Å². The molecule has 0 spiro atoms. The molecule has 24 heavy (non-hydrogen) atoms. The van der Waals surface area contributed by atoms with E-state index in [1.165, 1.54) is 0 Å². The van der Waals surface area contributed by atoms with Crippen molar-refractivity contribution in [1.82, 2.24) is 4.90 Å². The Morgan fingerprint density at radius 2 is 2.12 bits per heavy atom. The van der Waals surface area contributed by atoms with Crippen LogP contribution in [0.25, 0.3) is 0 Å². The van der Waals surface area contributed by atoms with E-state index in [1.54, 1.807) is 37.1 Å². The Morgan fingerprint density at radius 1 is 1.38 bits per heavy atom. The quantitative estimate of drug-likeness (QED) is 0.865. The summed E-state index contributed by atoms with van der Waals surface area (Å²) >= 11 is 0. The lowest BCUT2D eigenvalue weighted by molar-refractivity contribution is -0.150. The first kappa shape index (κ1) is 18.1. The number of carboxylic acids is 1. The van der Waals surface area contributed by atoms with Crippen LogP contribution in [0.1, 0.15) is 43.5 Å². The van der Waals surface area contributed by atoms with E-state index < -0.39 is 11.4 Å². The fourth-order valence-electron chi connectivity index (χ4n) is 2.90. The molecule has 1 fully saturated rings. The summed E-state index contributed by atoms with van der Waals surface area (Å²) in [7, 11) is 1.56. The van der Waals surface area contributed by atoms with E-state index in [0.29, 0.717) is 43.1 Å². The summed E-state index contributed by atoms with van der Waals surface area (Å²) in [4.78, 5) is 26.0. The van der Waals surface area contributed by atoms with Crippen molar-refractivity contribution in [2.45, 2.75) is 33.1 Å². The summed E-state index contributed by atoms with van der Waals surface area (Å²) in [6.45, 7) is 4.95. The number of hydrogen-bond acceptors (Lipinski definition) is 4. The zero-order valence-electron chi connectivity index (χ0n) is 14.5. The van der Waals surface area contributed by atoms with Crippen molar-refractivity contribution < 1.29 is 24.2 Å². The lowest BCUT2D eigenvalue weighted by Gasteiger charge is -2.37. The number of ether oxygens (including phenoxy) is 2. The Bertz CT molecular complexity index is 615. The van der Waals surface area contributed by atoms with Crippen molar-refractivity contribution in [3.05, 3.63) is 23.8 Å². The second kappa shape index (κ2) is 7.55. The Morgan fingerprint density at radius 3 is 2.75 bits per heavy atom. The van der Waals surface area contributed by atoms with Crippen LogP contribution < -0.4 is 9.47 Å². The molecule has 1 unspecified atom stereocenters. The molecule has 1 heterocycles. The van der Waals surface area contributed by atoms with Gasteiger partial charge in [-0.15, -0.1) is 0 Å². The van der Waals surface area contributed by atoms with Gasteiger partial charge in [-0.1, -0.05) is 6.92 Å². The fourth-order valence-corrected chi connectivity index (χ4v) is 2.90. The molecule has 1 N–H and O–H groups in total. The Kier molecular flexibility index (Phi) is 5.70. The number of methoxy groups -OCH3 is 1. The van der Waals surface area contributed by atoms with Crippen molar-refractivity contribution >= 4 is 11.9 Å². The standard InChI is InChI=1S/C18H25NO5/c1-4-10-24-15-11-13(23-3)6-7-14(15)16(20)19-9-5-8-18(2,12-19)17(21)22/h6-7,11H,4-5,8-10,12H2,1-3H3,(H,21,22). The van der Waals surface area contributed by atoms with E-state index in [1.807, 2.05) is 6.92 Å². The van der Waals surface area contributed by atoms with Gasteiger partial charge in [-0.3, -0.25) is 9.59 Å². The largest absolute Gasteiger partial charge is 0.497 e. The number of carboxylic acid groups (broad SMARTS) is 1. The van der Waals surface area contributed by atoms with Crippen LogP contribution in [0, 0.1) is 5.41 Å². The van der Waals surface area contributed by atoms with Gasteiger partial charge >= 0.3 is 5.97 Å². The lowest BCUT2D eigenvalue weighted by atomic mass is 9.82. The summed E-state index contributed by atoms with van der Waals surface area (Å²) in [6, 6.07) is 5.09. The molecule has 1 aliphatic heterocycles. The Hall–Kier alpha value is -2.24. The maximum atomic E-state index is 12.9. The molecule has 1 aliphatic rings. The van der Waals surface area contributed by atoms with Gasteiger partial charge in [0.05, 0.1) is 24.7 Å². The number of likely N-dealkylation sites (tertiary alicyclic amines) is 1. The van der Waals surface area contributed by atoms with Gasteiger partial charge in [-0.25, -0.2) is 0 Å². The van der Waals surface area contributed by atoms with Gasteiger partial charge in [0.1, 0.15) is 11.5 Å². The van der Waals surface area contributed by atoms with E-state index in [4.69, 9.17) is 9.47 Å². The number of hydrogen-bond donors (Lipinski definition) is 1. The molecule has 0 bridgehead atoms. The van der Waals surface area contributed by atoms with Gasteiger partial charge in [-0.05, 0) is 38.3 Å². The number of carbonyl (C=O) groups excluding carboxylic acids is 1. The predicted octanol–water partition coefficient (Wildman–Crippen LogP) is 2.81. The third kappa shape index (κ3) is 3.80. The summed E-state index contributed by atoms with van der Waals surface area (Å²) < 4.78 is 10.9. The molecule has 1 saturated heterocycles. The molecule has 0 aromatic heterocycles. The van der Waals surface area contributed by atoms with Gasteiger partial charge in [0.25, 0.3) is 5.91 Å². The highest BCUT2D eigenvalue weighted by atomic mass is 16.5. The SMILES string of the molecule is CCCOc1cc(OC)ccc1C(=O)N1CCCC(C)(C(=O)O)C1. The lowest BCUT2D eigenvalue weighted by Crippen LogP contribution is -2.48. The third-order valence-electron chi connectivity index (χ3n) is 4.38. The highest BCUT2D eigenvalue weighted by Gasteiger charge is 2.39. The molecule has 6 heteroatoms. The monoisotopic (exact) mass is 335 g/mol. The van der Waals surface area contributed by atoms with Crippen molar-refractivity contribution in [3.63, 3.8) is 0 Å². The zero-order valence-corrected chi connectivity index (χ0v) is 14.5. The molecular formula is C18H25NO5. The van der Waals surface area contributed by atoms with Crippen molar-refractivity contribution in [1.29, 1.82) is 0 Å². The van der Waals surface area contributed by atoms with E-state index in [-0.39, 0.29) is 12.5 Å². The minimum atomic E-state index is -0.898. The van der Waals surface area contributed by atoms with Crippen LogP contribution in [0.4, 0.5) is 0 Å². The van der Waals surface area contributed by atoms with Gasteiger partial charge < -0.3 is 19.5 Å². The average Bonchev–Trinajstić information content (AvgIpc) is 2.59. The van der Waals surface area contributed by atoms with E-state index in [2.05, 4.69) is 0 Å². The minimum Gasteiger partial charge on any atom is -0.497 e. The van der Waals surface area contributed by atoms with Gasteiger partial charge in [0.15, 0.2) is 0 Å². The van der Waals surface area contributed by atoms with Gasteiger partial charge in [-0.2, -0.15) is 0 Å². The van der Waals surface area contributed by atoms with Crippen LogP contribution in [0.15, 0.2) is 18.2 Å². The van der Waals surface area contributed by atoms with E-state index in [9.17, 15) is 14.7 Å². The number of rotatable bonds is 6. The Balaban J connectivity index is 2.26. The van der Waals surface area contributed by atoms with Crippen LogP contribution in [0.5, 0.6) is 11.5 Å². The maximum Gasteiger partial charge on any atom is 0.311 e. The highest BCUT2D eigenvalue weighted by molar-refractivity contribution is 5.97. The molecule has 2 rings (SSSR count). The number of piperidine rings is 1. The molecule has 132 valence electrons. The summed E-state index contributed by atoms with van der Waals surface area (Å²) in [5, 5.41) is 9.43. The van der Waals surface area contributed by atoms with Crippen molar-refractivity contribution in [2.75, 3.05) is 26.8 Å². The van der Waals surface area contributed by atoms with Crippen molar-refractivity contribution in [3.8, 4) is 11.5 Å². The normalized spacial score (nSPS) is 20.5. The summed E-state index contributed by atoms with van der Waals surface area (Å²) in [5.41, 5.74) is -0.455. The van der Waals surface area contributed by atoms with E-state index >= 15 is 0 Å². The van der Waals surface area contributed by atoms with Crippen LogP contribution in [0.2, 0.25) is 0 Å².